The van der Waals surface area contributed by atoms with Crippen LogP contribution in [0.15, 0.2) is 24.3 Å². The SMILES string of the molecule is O=C1CCC(NCC(=O)Nc2ccc(F)cc2)C(=O)N1. The molecule has 1 fully saturated rings. The molecular weight excluding hydrogens is 265 g/mol. The summed E-state index contributed by atoms with van der Waals surface area (Å²) >= 11 is 0. The molecule has 0 bridgehead atoms. The van der Waals surface area contributed by atoms with Crippen molar-refractivity contribution in [1.82, 2.24) is 10.6 Å². The highest BCUT2D eigenvalue weighted by Gasteiger charge is 2.26. The van der Waals surface area contributed by atoms with Gasteiger partial charge in [0.2, 0.25) is 17.7 Å². The number of nitrogens with one attached hydrogen (secondary N) is 3. The Morgan fingerprint density at radius 2 is 2.00 bits per heavy atom. The van der Waals surface area contributed by atoms with Crippen molar-refractivity contribution in [2.75, 3.05) is 11.9 Å². The third-order valence-corrected chi connectivity index (χ3v) is 2.88. The van der Waals surface area contributed by atoms with Gasteiger partial charge in [0.15, 0.2) is 0 Å². The van der Waals surface area contributed by atoms with Crippen molar-refractivity contribution in [2.45, 2.75) is 18.9 Å². The van der Waals surface area contributed by atoms with Gasteiger partial charge in [-0.15, -0.1) is 0 Å². The van der Waals surface area contributed by atoms with Crippen LogP contribution in [0.4, 0.5) is 10.1 Å². The van der Waals surface area contributed by atoms with Crippen molar-refractivity contribution in [3.63, 3.8) is 0 Å². The number of benzene rings is 1. The van der Waals surface area contributed by atoms with Gasteiger partial charge in [0.05, 0.1) is 12.6 Å². The zero-order valence-corrected chi connectivity index (χ0v) is 10.6. The number of carbonyl (C=O) groups is 3. The van der Waals surface area contributed by atoms with Gasteiger partial charge in [0.25, 0.3) is 0 Å². The van der Waals surface area contributed by atoms with Crippen LogP contribution in [0.1, 0.15) is 12.8 Å². The molecule has 1 heterocycles. The molecule has 1 aliphatic heterocycles. The van der Waals surface area contributed by atoms with Crippen molar-refractivity contribution in [2.24, 2.45) is 0 Å². The van der Waals surface area contributed by atoms with E-state index in [4.69, 9.17) is 0 Å². The lowest BCUT2D eigenvalue weighted by Crippen LogP contribution is -2.52. The molecule has 0 spiro atoms. The monoisotopic (exact) mass is 279 g/mol. The van der Waals surface area contributed by atoms with Gasteiger partial charge >= 0.3 is 0 Å². The van der Waals surface area contributed by atoms with E-state index in [0.717, 1.165) is 0 Å². The molecule has 1 unspecified atom stereocenters. The number of hydrogen-bond donors (Lipinski definition) is 3. The van der Waals surface area contributed by atoms with Crippen LogP contribution in [0.5, 0.6) is 0 Å². The van der Waals surface area contributed by atoms with E-state index in [1.165, 1.54) is 24.3 Å². The fourth-order valence-corrected chi connectivity index (χ4v) is 1.84. The van der Waals surface area contributed by atoms with Gasteiger partial charge in [0.1, 0.15) is 5.82 Å². The number of rotatable bonds is 4. The van der Waals surface area contributed by atoms with Crippen LogP contribution in [0.25, 0.3) is 0 Å². The highest BCUT2D eigenvalue weighted by molar-refractivity contribution is 6.00. The van der Waals surface area contributed by atoms with Gasteiger partial charge < -0.3 is 5.32 Å². The Bertz CT molecular complexity index is 530. The summed E-state index contributed by atoms with van der Waals surface area (Å²) in [5, 5.41) is 7.53. The highest BCUT2D eigenvalue weighted by atomic mass is 19.1. The molecule has 1 aliphatic rings. The fraction of sp³-hybridized carbons (Fsp3) is 0.308. The average Bonchev–Trinajstić information content (AvgIpc) is 2.40. The number of hydrogen-bond acceptors (Lipinski definition) is 4. The van der Waals surface area contributed by atoms with E-state index in [1.54, 1.807) is 0 Å². The Morgan fingerprint density at radius 3 is 2.65 bits per heavy atom. The topological polar surface area (TPSA) is 87.3 Å². The number of amides is 3. The Labute approximate surface area is 114 Å². The summed E-state index contributed by atoms with van der Waals surface area (Å²) in [4.78, 5) is 34.0. The number of piperidine rings is 1. The Morgan fingerprint density at radius 1 is 1.30 bits per heavy atom. The Kier molecular flexibility index (Phi) is 4.41. The lowest BCUT2D eigenvalue weighted by atomic mass is 10.1. The van der Waals surface area contributed by atoms with Crippen molar-refractivity contribution in [1.29, 1.82) is 0 Å². The molecule has 106 valence electrons. The second-order valence-electron chi connectivity index (χ2n) is 4.44. The predicted molar refractivity (Wildman–Crippen MR) is 69.2 cm³/mol. The van der Waals surface area contributed by atoms with Crippen molar-refractivity contribution >= 4 is 23.4 Å². The zero-order valence-electron chi connectivity index (χ0n) is 10.6. The van der Waals surface area contributed by atoms with Gasteiger partial charge in [-0.2, -0.15) is 0 Å². The van der Waals surface area contributed by atoms with E-state index in [9.17, 15) is 18.8 Å². The number of imide groups is 1. The molecule has 1 aromatic carbocycles. The Hall–Kier alpha value is -2.28. The van der Waals surface area contributed by atoms with Crippen LogP contribution in [0, 0.1) is 5.82 Å². The number of carbonyl (C=O) groups excluding carboxylic acids is 3. The van der Waals surface area contributed by atoms with E-state index >= 15 is 0 Å². The fourth-order valence-electron chi connectivity index (χ4n) is 1.84. The summed E-state index contributed by atoms with van der Waals surface area (Å²) in [6.45, 7) is -0.0658. The maximum Gasteiger partial charge on any atom is 0.243 e. The second kappa shape index (κ2) is 6.25. The Balaban J connectivity index is 1.79. The first-order chi connectivity index (χ1) is 9.54. The molecule has 2 rings (SSSR count). The first-order valence-corrected chi connectivity index (χ1v) is 6.17. The molecule has 0 radical (unpaired) electrons. The van der Waals surface area contributed by atoms with E-state index < -0.39 is 11.9 Å². The van der Waals surface area contributed by atoms with E-state index in [1.807, 2.05) is 0 Å². The van der Waals surface area contributed by atoms with Crippen molar-refractivity contribution < 1.29 is 18.8 Å². The van der Waals surface area contributed by atoms with Crippen LogP contribution in [-0.4, -0.2) is 30.3 Å². The summed E-state index contributed by atoms with van der Waals surface area (Å²) in [5.41, 5.74) is 0.474. The van der Waals surface area contributed by atoms with Crippen LogP contribution in [0.3, 0.4) is 0 Å². The second-order valence-corrected chi connectivity index (χ2v) is 4.44. The zero-order chi connectivity index (χ0) is 14.5. The highest BCUT2D eigenvalue weighted by Crippen LogP contribution is 2.08. The van der Waals surface area contributed by atoms with Gasteiger partial charge in [-0.1, -0.05) is 0 Å². The molecule has 0 saturated carbocycles. The van der Waals surface area contributed by atoms with E-state index in [-0.39, 0.29) is 30.6 Å². The third kappa shape index (κ3) is 3.86. The van der Waals surface area contributed by atoms with Crippen LogP contribution in [-0.2, 0) is 14.4 Å². The summed E-state index contributed by atoms with van der Waals surface area (Å²) in [6.07, 6.45) is 0.623. The molecule has 20 heavy (non-hydrogen) atoms. The summed E-state index contributed by atoms with van der Waals surface area (Å²) < 4.78 is 12.7. The minimum Gasteiger partial charge on any atom is -0.325 e. The van der Waals surface area contributed by atoms with Crippen LogP contribution in [0.2, 0.25) is 0 Å². The first kappa shape index (κ1) is 14.1. The number of halogens is 1. The quantitative estimate of drug-likeness (QED) is 0.685. The first-order valence-electron chi connectivity index (χ1n) is 6.17. The normalized spacial score (nSPS) is 18.6. The molecule has 0 aliphatic carbocycles. The van der Waals surface area contributed by atoms with Crippen molar-refractivity contribution in [3.05, 3.63) is 30.1 Å². The summed E-state index contributed by atoms with van der Waals surface area (Å²) in [5.74, 6) is -1.45. The van der Waals surface area contributed by atoms with Gasteiger partial charge in [-0.05, 0) is 30.7 Å². The molecule has 1 aromatic rings. The lowest BCUT2D eigenvalue weighted by molar-refractivity contribution is -0.134. The molecular formula is C13H14FN3O3. The molecule has 6 nitrogen and oxygen atoms in total. The summed E-state index contributed by atoms with van der Waals surface area (Å²) in [7, 11) is 0. The minimum absolute atomic E-state index is 0.0658. The van der Waals surface area contributed by atoms with Crippen LogP contribution >= 0.6 is 0 Å². The molecule has 3 amide bonds. The molecule has 0 aromatic heterocycles. The van der Waals surface area contributed by atoms with Gasteiger partial charge in [-0.25, -0.2) is 4.39 Å². The van der Waals surface area contributed by atoms with Gasteiger partial charge in [0, 0.05) is 12.1 Å². The summed E-state index contributed by atoms with van der Waals surface area (Å²) in [6, 6.07) is 4.82. The number of anilines is 1. The van der Waals surface area contributed by atoms with Gasteiger partial charge in [-0.3, -0.25) is 25.0 Å². The smallest absolute Gasteiger partial charge is 0.243 e. The average molecular weight is 279 g/mol. The standard InChI is InChI=1S/C13H14FN3O3/c14-8-1-3-9(4-2-8)16-12(19)7-15-10-5-6-11(18)17-13(10)20/h1-4,10,15H,5-7H2,(H,16,19)(H,17,18,20). The van der Waals surface area contributed by atoms with E-state index in [0.29, 0.717) is 12.1 Å². The molecule has 1 atom stereocenters. The molecule has 1 saturated heterocycles. The maximum absolute atomic E-state index is 12.7. The lowest BCUT2D eigenvalue weighted by Gasteiger charge is -2.21. The molecule has 7 heteroatoms. The third-order valence-electron chi connectivity index (χ3n) is 2.88. The minimum atomic E-state index is -0.549. The maximum atomic E-state index is 12.7. The van der Waals surface area contributed by atoms with Crippen LogP contribution < -0.4 is 16.0 Å². The van der Waals surface area contributed by atoms with Crippen molar-refractivity contribution in [3.8, 4) is 0 Å². The largest absolute Gasteiger partial charge is 0.325 e. The predicted octanol–water partition coefficient (Wildman–Crippen LogP) is 0.159. The van der Waals surface area contributed by atoms with E-state index in [2.05, 4.69) is 16.0 Å². The molecule has 3 N–H and O–H groups in total.